The molecule has 0 saturated carbocycles. The quantitative estimate of drug-likeness (QED) is 0.263. The first-order valence-corrected chi connectivity index (χ1v) is 11.1. The zero-order chi connectivity index (χ0) is 27.9. The molecule has 5 atom stereocenters. The predicted molar refractivity (Wildman–Crippen MR) is 118 cm³/mol. The average Bonchev–Trinajstić information content (AvgIpc) is 2.71. The Morgan fingerprint density at radius 3 is 1.63 bits per heavy atom. The van der Waals surface area contributed by atoms with E-state index in [-0.39, 0.29) is 4.90 Å². The van der Waals surface area contributed by atoms with E-state index >= 15 is 0 Å². The summed E-state index contributed by atoms with van der Waals surface area (Å²) in [5, 5.41) is 51.5. The lowest BCUT2D eigenvalue weighted by Crippen LogP contribution is -2.59. The van der Waals surface area contributed by atoms with Gasteiger partial charge in [0.1, 0.15) is 24.4 Å². The van der Waals surface area contributed by atoms with Crippen LogP contribution in [0.2, 0.25) is 0 Å². The van der Waals surface area contributed by atoms with Gasteiger partial charge in [0.15, 0.2) is 6.29 Å². The second-order valence-corrected chi connectivity index (χ2v) is 8.47. The minimum atomic E-state index is -4.03. The molecule has 1 saturated heterocycles. The summed E-state index contributed by atoms with van der Waals surface area (Å²) in [6.45, 7) is 4.54. The van der Waals surface area contributed by atoms with Crippen molar-refractivity contribution in [2.75, 3.05) is 13.7 Å². The van der Waals surface area contributed by atoms with Gasteiger partial charge in [0.2, 0.25) is 0 Å². The molecule has 2 rings (SSSR count). The third kappa shape index (κ3) is 15.8. The summed E-state index contributed by atoms with van der Waals surface area (Å²) in [4.78, 5) is 27.0. The van der Waals surface area contributed by atoms with Gasteiger partial charge in [0, 0.05) is 27.9 Å². The summed E-state index contributed by atoms with van der Waals surface area (Å²) in [7, 11) is -2.78. The highest BCUT2D eigenvalue weighted by molar-refractivity contribution is 7.86. The number of aliphatic carboxylic acids is 3. The van der Waals surface area contributed by atoms with Crippen molar-refractivity contribution in [1.82, 2.24) is 0 Å². The van der Waals surface area contributed by atoms with Crippen molar-refractivity contribution < 1.29 is 67.1 Å². The standard InChI is InChI=1S/C14H20O8S.3C2H4O2/c1-8-3-5-9(6-4-8)23(18,19)21-7-10-11(15)12(16)13(17)14(20-2)22-10;3*1-2(3)4/h3-6,10-17H,7H2,1-2H3;3*1H3,(H,3,4). The van der Waals surface area contributed by atoms with Crippen LogP contribution in [-0.2, 0) is 38.2 Å². The molecule has 15 heteroatoms. The Labute approximate surface area is 202 Å². The molecule has 1 fully saturated rings. The molecule has 5 unspecified atom stereocenters. The van der Waals surface area contributed by atoms with Gasteiger partial charge in [0.25, 0.3) is 28.0 Å². The van der Waals surface area contributed by atoms with Gasteiger partial charge in [-0.15, -0.1) is 0 Å². The van der Waals surface area contributed by atoms with Gasteiger partial charge in [0.05, 0.1) is 11.5 Å². The Kier molecular flexibility index (Phi) is 16.6. The predicted octanol–water partition coefficient (Wildman–Crippen LogP) is -0.573. The molecule has 0 aliphatic carbocycles. The van der Waals surface area contributed by atoms with Crippen LogP contribution in [-0.4, -0.2) is 101 Å². The number of aryl methyl sites for hydroxylation is 1. The lowest BCUT2D eigenvalue weighted by molar-refractivity contribution is -0.293. The fraction of sp³-hybridized carbons (Fsp3) is 0.550. The molecule has 1 aliphatic heterocycles. The number of rotatable bonds is 5. The van der Waals surface area contributed by atoms with E-state index in [0.29, 0.717) is 0 Å². The van der Waals surface area contributed by atoms with E-state index in [2.05, 4.69) is 0 Å². The largest absolute Gasteiger partial charge is 0.481 e. The molecule has 1 heterocycles. The normalized spacial score (nSPS) is 23.1. The van der Waals surface area contributed by atoms with Crippen molar-refractivity contribution >= 4 is 28.0 Å². The highest BCUT2D eigenvalue weighted by atomic mass is 32.2. The Morgan fingerprint density at radius 1 is 0.857 bits per heavy atom. The van der Waals surface area contributed by atoms with Gasteiger partial charge in [-0.2, -0.15) is 8.42 Å². The minimum absolute atomic E-state index is 0.0303. The number of carboxylic acids is 3. The molecule has 0 aromatic heterocycles. The van der Waals surface area contributed by atoms with Gasteiger partial charge in [-0.3, -0.25) is 18.6 Å². The molecule has 14 nitrogen and oxygen atoms in total. The molecule has 1 aromatic rings. The third-order valence-corrected chi connectivity index (χ3v) is 4.89. The number of aliphatic hydroxyl groups is 3. The van der Waals surface area contributed by atoms with Gasteiger partial charge in [-0.05, 0) is 19.1 Å². The molecule has 35 heavy (non-hydrogen) atoms. The lowest BCUT2D eigenvalue weighted by Gasteiger charge is -2.39. The minimum Gasteiger partial charge on any atom is -0.481 e. The van der Waals surface area contributed by atoms with Crippen LogP contribution in [0.25, 0.3) is 0 Å². The van der Waals surface area contributed by atoms with Gasteiger partial charge in [-0.25, -0.2) is 0 Å². The summed E-state index contributed by atoms with van der Waals surface area (Å²) in [6, 6.07) is 6.06. The molecule has 202 valence electrons. The van der Waals surface area contributed by atoms with Gasteiger partial charge < -0.3 is 40.1 Å². The van der Waals surface area contributed by atoms with Crippen molar-refractivity contribution in [2.45, 2.75) is 63.3 Å². The van der Waals surface area contributed by atoms with Crippen LogP contribution < -0.4 is 0 Å². The maximum Gasteiger partial charge on any atom is 0.300 e. The smallest absolute Gasteiger partial charge is 0.300 e. The van der Waals surface area contributed by atoms with Crippen molar-refractivity contribution in [3.8, 4) is 0 Å². The van der Waals surface area contributed by atoms with E-state index in [1.165, 1.54) is 19.2 Å². The second kappa shape index (κ2) is 16.9. The van der Waals surface area contributed by atoms with Crippen LogP contribution in [0.15, 0.2) is 29.2 Å². The number of aliphatic hydroxyl groups excluding tert-OH is 3. The first kappa shape index (κ1) is 34.5. The summed E-state index contributed by atoms with van der Waals surface area (Å²) < 4.78 is 39.1. The van der Waals surface area contributed by atoms with E-state index in [9.17, 15) is 23.7 Å². The Morgan fingerprint density at radius 2 is 1.26 bits per heavy atom. The van der Waals surface area contributed by atoms with Crippen molar-refractivity contribution in [3.05, 3.63) is 29.8 Å². The van der Waals surface area contributed by atoms with Crippen LogP contribution in [0, 0.1) is 6.92 Å². The molecule has 1 aliphatic rings. The fourth-order valence-corrected chi connectivity index (χ4v) is 3.10. The van der Waals surface area contributed by atoms with E-state index in [4.69, 9.17) is 43.4 Å². The van der Waals surface area contributed by atoms with Gasteiger partial charge in [-0.1, -0.05) is 17.7 Å². The third-order valence-electron chi connectivity index (χ3n) is 3.60. The number of methoxy groups -OCH3 is 1. The van der Waals surface area contributed by atoms with Crippen molar-refractivity contribution in [3.63, 3.8) is 0 Å². The van der Waals surface area contributed by atoms with E-state index < -0.39 is 65.3 Å². The van der Waals surface area contributed by atoms with Crippen LogP contribution in [0.3, 0.4) is 0 Å². The lowest BCUT2D eigenvalue weighted by atomic mass is 9.99. The maximum absolute atomic E-state index is 12.1. The summed E-state index contributed by atoms with van der Waals surface area (Å²) >= 11 is 0. The maximum atomic E-state index is 12.1. The Bertz CT molecular complexity index is 841. The summed E-state index contributed by atoms with van der Waals surface area (Å²) in [5.74, 6) is -2.50. The first-order valence-electron chi connectivity index (χ1n) is 9.73. The number of carboxylic acid groups (broad SMARTS) is 3. The number of benzene rings is 1. The molecular weight excluding hydrogens is 496 g/mol. The fourth-order valence-electron chi connectivity index (χ4n) is 2.18. The van der Waals surface area contributed by atoms with Crippen LogP contribution in [0.5, 0.6) is 0 Å². The molecule has 0 radical (unpaired) electrons. The second-order valence-electron chi connectivity index (χ2n) is 6.86. The number of carbonyl (C=O) groups is 3. The SMILES string of the molecule is CC(=O)O.CC(=O)O.CC(=O)O.COC1OC(COS(=O)(=O)c2ccc(C)cc2)C(O)C(O)C1O. The first-order chi connectivity index (χ1) is 16.0. The highest BCUT2D eigenvalue weighted by Crippen LogP contribution is 2.23. The molecule has 1 aromatic carbocycles. The number of ether oxygens (including phenoxy) is 2. The Hall–Kier alpha value is -2.66. The number of hydrogen-bond acceptors (Lipinski definition) is 11. The average molecular weight is 529 g/mol. The van der Waals surface area contributed by atoms with Gasteiger partial charge >= 0.3 is 0 Å². The molecule has 6 N–H and O–H groups in total. The van der Waals surface area contributed by atoms with E-state index in [1.54, 1.807) is 12.1 Å². The highest BCUT2D eigenvalue weighted by Gasteiger charge is 2.44. The summed E-state index contributed by atoms with van der Waals surface area (Å²) in [6.07, 6.45) is -6.85. The zero-order valence-electron chi connectivity index (χ0n) is 19.8. The zero-order valence-corrected chi connectivity index (χ0v) is 20.6. The van der Waals surface area contributed by atoms with Crippen molar-refractivity contribution in [2.24, 2.45) is 0 Å². The monoisotopic (exact) mass is 528 g/mol. The van der Waals surface area contributed by atoms with Crippen LogP contribution in [0.4, 0.5) is 0 Å². The topological polar surface area (TPSA) is 234 Å². The van der Waals surface area contributed by atoms with E-state index in [0.717, 1.165) is 26.3 Å². The molecule has 0 amide bonds. The number of hydrogen-bond donors (Lipinski definition) is 6. The Balaban J connectivity index is 0. The molecule has 0 bridgehead atoms. The van der Waals surface area contributed by atoms with Crippen LogP contribution >= 0.6 is 0 Å². The molecular formula is C20H32O14S. The summed E-state index contributed by atoms with van der Waals surface area (Å²) in [5.41, 5.74) is 0.898. The van der Waals surface area contributed by atoms with E-state index in [1.807, 2.05) is 6.92 Å². The molecule has 0 spiro atoms. The van der Waals surface area contributed by atoms with Crippen LogP contribution in [0.1, 0.15) is 26.3 Å². The van der Waals surface area contributed by atoms with Crippen molar-refractivity contribution in [1.29, 1.82) is 0 Å².